The fourth-order valence-corrected chi connectivity index (χ4v) is 8.12. The Morgan fingerprint density at radius 2 is 1.69 bits per heavy atom. The summed E-state index contributed by atoms with van der Waals surface area (Å²) in [6.07, 6.45) is 0.109. The highest BCUT2D eigenvalue weighted by molar-refractivity contribution is 6.32. The predicted octanol–water partition coefficient (Wildman–Crippen LogP) is 1.34. The second-order valence-corrected chi connectivity index (χ2v) is 13.0. The van der Waals surface area contributed by atoms with Gasteiger partial charge in [0.15, 0.2) is 34.7 Å². The Balaban J connectivity index is 1.43. The molecule has 3 aromatic carbocycles. The van der Waals surface area contributed by atoms with Gasteiger partial charge in [-0.2, -0.15) is 0 Å². The summed E-state index contributed by atoms with van der Waals surface area (Å²) < 4.78 is 5.00. The number of ketones is 4. The van der Waals surface area contributed by atoms with Gasteiger partial charge in [-0.1, -0.05) is 42.5 Å². The number of primary amides is 1. The summed E-state index contributed by atoms with van der Waals surface area (Å²) in [7, 11) is 3.10. The first-order chi connectivity index (χ1) is 22.8. The molecule has 48 heavy (non-hydrogen) atoms. The Morgan fingerprint density at radius 1 is 1.00 bits per heavy atom. The fraction of sp³-hybridized carbons (Fsp3) is 0.389. The molecule has 0 heterocycles. The lowest BCUT2D eigenvalue weighted by molar-refractivity contribution is -0.181. The van der Waals surface area contributed by atoms with Crippen molar-refractivity contribution in [3.8, 4) is 16.9 Å². The number of fused-ring (bicyclic) bond motifs is 4. The Morgan fingerprint density at radius 3 is 2.35 bits per heavy atom. The van der Waals surface area contributed by atoms with E-state index >= 15 is 0 Å². The van der Waals surface area contributed by atoms with Gasteiger partial charge in [-0.25, -0.2) is 0 Å². The monoisotopic (exact) mass is 655 g/mol. The van der Waals surface area contributed by atoms with E-state index in [2.05, 4.69) is 5.32 Å². The van der Waals surface area contributed by atoms with Crippen molar-refractivity contribution >= 4 is 45.8 Å². The Labute approximate surface area is 276 Å². The highest BCUT2D eigenvalue weighted by atomic mass is 16.5. The minimum atomic E-state index is -2.78. The zero-order chi connectivity index (χ0) is 34.7. The summed E-state index contributed by atoms with van der Waals surface area (Å²) in [5.41, 5.74) is 5.44. The number of carbonyl (C=O) groups excluding carboxylic acids is 6. The average Bonchev–Trinajstić information content (AvgIpc) is 3.03. The molecule has 0 bridgehead atoms. The molecule has 1 amide bonds. The van der Waals surface area contributed by atoms with Crippen molar-refractivity contribution < 1.29 is 43.7 Å². The molecule has 6 rings (SSSR count). The lowest BCUT2D eigenvalue weighted by atomic mass is 9.52. The molecule has 0 radical (unpaired) electrons. The number of nitrogens with one attached hydrogen (secondary N) is 1. The summed E-state index contributed by atoms with van der Waals surface area (Å²) >= 11 is 0. The van der Waals surface area contributed by atoms with Gasteiger partial charge in [0.05, 0.1) is 30.7 Å². The number of hydrogen-bond acceptors (Lipinski definition) is 11. The first kappa shape index (κ1) is 33.1. The molecule has 3 aromatic rings. The number of carbonyl (C=O) groups is 6. The largest absolute Gasteiger partial charge is 0.507 e. The van der Waals surface area contributed by atoms with Crippen molar-refractivity contribution in [1.82, 2.24) is 10.2 Å². The van der Waals surface area contributed by atoms with Gasteiger partial charge < -0.3 is 26.0 Å². The van der Waals surface area contributed by atoms with Crippen LogP contribution in [0.3, 0.4) is 0 Å². The fourth-order valence-electron chi connectivity index (χ4n) is 8.12. The molecule has 0 saturated heterocycles. The van der Waals surface area contributed by atoms with Crippen LogP contribution in [0.5, 0.6) is 5.75 Å². The van der Waals surface area contributed by atoms with Crippen LogP contribution in [0.2, 0.25) is 0 Å². The van der Waals surface area contributed by atoms with E-state index in [9.17, 15) is 39.0 Å². The number of nitrogens with zero attached hydrogens (tertiary/aromatic N) is 1. The summed E-state index contributed by atoms with van der Waals surface area (Å²) in [6, 6.07) is 13.4. The number of hydrogen-bond donors (Lipinski definition) is 4. The van der Waals surface area contributed by atoms with Gasteiger partial charge in [0.2, 0.25) is 5.91 Å². The molecule has 5 N–H and O–H groups in total. The van der Waals surface area contributed by atoms with Crippen molar-refractivity contribution in [2.75, 3.05) is 27.2 Å². The molecule has 250 valence electrons. The van der Waals surface area contributed by atoms with Gasteiger partial charge in [-0.05, 0) is 78.9 Å². The molecule has 6 atom stereocenters. The van der Waals surface area contributed by atoms with Crippen molar-refractivity contribution in [2.45, 2.75) is 38.0 Å². The number of benzene rings is 3. The number of likely N-dealkylation sites (N-methyl/N-ethyl adjacent to an activating group) is 1. The lowest BCUT2D eigenvalue weighted by Gasteiger charge is -2.52. The van der Waals surface area contributed by atoms with E-state index in [4.69, 9.17) is 10.5 Å². The zero-order valence-electron chi connectivity index (χ0n) is 26.8. The topological polar surface area (TPSA) is 193 Å². The lowest BCUT2D eigenvalue weighted by Crippen LogP contribution is -2.74. The summed E-state index contributed by atoms with van der Waals surface area (Å²) in [5.74, 6) is -11.3. The van der Waals surface area contributed by atoms with E-state index < -0.39 is 64.4 Å². The van der Waals surface area contributed by atoms with E-state index in [0.717, 1.165) is 21.9 Å². The third-order valence-electron chi connectivity index (χ3n) is 10.1. The standard InChI is InChI=1S/C36H37N3O9/c1-4-48-26(41)16-38-15-17-9-10-21(20-8-6-5-7-19(17)20)22-11-12-25(40)28-23(22)13-18-14-24-30(39(2)3)32(43)29(35(37)46)34(45)36(24,47)33(44)27(18)31(28)42/h5-12,18,24,27,29-30,38,40,47H,4,13-16H2,1-3H3,(H2,37,46). The maximum Gasteiger partial charge on any atom is 0.319 e. The molecule has 0 spiro atoms. The summed E-state index contributed by atoms with van der Waals surface area (Å²) in [6.45, 7) is 2.47. The number of phenolic OH excluding ortho intramolecular Hbond substituents is 1. The predicted molar refractivity (Wildman–Crippen MR) is 173 cm³/mol. The van der Waals surface area contributed by atoms with Crippen LogP contribution in [0.25, 0.3) is 21.9 Å². The van der Waals surface area contributed by atoms with Gasteiger partial charge in [0.25, 0.3) is 0 Å². The van der Waals surface area contributed by atoms with Crippen LogP contribution < -0.4 is 11.1 Å². The second-order valence-electron chi connectivity index (χ2n) is 13.0. The molecule has 12 heteroatoms. The second kappa shape index (κ2) is 12.3. The number of aliphatic hydroxyl groups is 1. The van der Waals surface area contributed by atoms with E-state index in [-0.39, 0.29) is 43.3 Å². The molecular formula is C36H37N3O9. The van der Waals surface area contributed by atoms with Crippen LogP contribution in [0, 0.1) is 23.7 Å². The van der Waals surface area contributed by atoms with Gasteiger partial charge in [-0.15, -0.1) is 0 Å². The van der Waals surface area contributed by atoms with Crippen molar-refractivity contribution in [2.24, 2.45) is 29.4 Å². The van der Waals surface area contributed by atoms with E-state index in [1.54, 1.807) is 27.1 Å². The Hall–Kier alpha value is -4.78. The summed E-state index contributed by atoms with van der Waals surface area (Å²) in [4.78, 5) is 80.8. The van der Waals surface area contributed by atoms with E-state index in [0.29, 0.717) is 17.7 Å². The Kier molecular flexibility index (Phi) is 8.52. The highest BCUT2D eigenvalue weighted by Crippen LogP contribution is 2.52. The zero-order valence-corrected chi connectivity index (χ0v) is 26.8. The van der Waals surface area contributed by atoms with Crippen molar-refractivity contribution in [3.63, 3.8) is 0 Å². The molecule has 12 nitrogen and oxygen atoms in total. The number of esters is 1. The van der Waals surface area contributed by atoms with Gasteiger partial charge in [-0.3, -0.25) is 33.7 Å². The molecule has 3 aliphatic carbocycles. The molecule has 3 aliphatic rings. The van der Waals surface area contributed by atoms with Gasteiger partial charge in [0.1, 0.15) is 5.75 Å². The molecule has 2 fully saturated rings. The molecule has 0 aromatic heterocycles. The van der Waals surface area contributed by atoms with Crippen LogP contribution >= 0.6 is 0 Å². The van der Waals surface area contributed by atoms with Gasteiger partial charge in [0, 0.05) is 12.5 Å². The number of Topliss-reactive ketones (excluding diaryl/α,β-unsaturated/α-hetero) is 4. The Bertz CT molecular complexity index is 1900. The minimum absolute atomic E-state index is 0.0369. The first-order valence-electron chi connectivity index (χ1n) is 15.9. The third kappa shape index (κ3) is 5.02. The number of phenols is 1. The molecule has 2 saturated carbocycles. The summed E-state index contributed by atoms with van der Waals surface area (Å²) in [5, 5.41) is 27.7. The van der Waals surface area contributed by atoms with E-state index in [1.807, 2.05) is 36.4 Å². The van der Waals surface area contributed by atoms with Crippen LogP contribution in [0.1, 0.15) is 34.8 Å². The first-order valence-corrected chi connectivity index (χ1v) is 15.9. The smallest absolute Gasteiger partial charge is 0.319 e. The van der Waals surface area contributed by atoms with Crippen LogP contribution in [0.15, 0.2) is 48.5 Å². The minimum Gasteiger partial charge on any atom is -0.507 e. The van der Waals surface area contributed by atoms with E-state index in [1.165, 1.54) is 11.0 Å². The van der Waals surface area contributed by atoms with Crippen LogP contribution in [-0.2, 0) is 41.7 Å². The maximum absolute atomic E-state index is 14.2. The normalized spacial score (nSPS) is 26.6. The number of amides is 1. The SMILES string of the molecule is CCOC(=O)CNCc1ccc(-c2ccc(O)c3c2CC2CC4C(N(C)C)C(=O)C(C(N)=O)C(=O)C4(O)C(=O)C2C3=O)c2ccccc12. The number of ether oxygens (including phenoxy) is 1. The third-order valence-corrected chi connectivity index (χ3v) is 10.1. The number of rotatable bonds is 8. The number of nitrogens with two attached hydrogens (primary N) is 1. The van der Waals surface area contributed by atoms with Crippen LogP contribution in [-0.4, -0.2) is 89.0 Å². The quantitative estimate of drug-likeness (QED) is 0.202. The molecule has 0 aliphatic heterocycles. The molecular weight excluding hydrogens is 618 g/mol. The average molecular weight is 656 g/mol. The maximum atomic E-state index is 14.2. The van der Waals surface area contributed by atoms with Crippen LogP contribution in [0.4, 0.5) is 0 Å². The number of aromatic hydroxyl groups is 1. The van der Waals surface area contributed by atoms with Crippen molar-refractivity contribution in [3.05, 3.63) is 65.2 Å². The van der Waals surface area contributed by atoms with Gasteiger partial charge >= 0.3 is 5.97 Å². The van der Waals surface area contributed by atoms with Crippen molar-refractivity contribution in [1.29, 1.82) is 0 Å². The highest BCUT2D eigenvalue weighted by Gasteiger charge is 2.69. The molecule has 6 unspecified atom stereocenters.